The lowest BCUT2D eigenvalue weighted by Crippen LogP contribution is -2.39. The Morgan fingerprint density at radius 2 is 1.24 bits per heavy atom. The lowest BCUT2D eigenvalue weighted by molar-refractivity contribution is 0.280. The first-order valence-electron chi connectivity index (χ1n) is 5.47. The van der Waals surface area contributed by atoms with Gasteiger partial charge in [0.05, 0.1) is 0 Å². The minimum absolute atomic E-state index is 0.310. The van der Waals surface area contributed by atoms with Gasteiger partial charge < -0.3 is 9.47 Å². The van der Waals surface area contributed by atoms with Crippen LogP contribution in [0, 0.1) is 0 Å². The van der Waals surface area contributed by atoms with Gasteiger partial charge in [-0.1, -0.05) is 0 Å². The molecule has 1 aromatic rings. The van der Waals surface area contributed by atoms with Gasteiger partial charge >= 0.3 is 0 Å². The number of hydrogen-bond acceptors (Lipinski definition) is 4. The third-order valence-corrected chi connectivity index (χ3v) is 2.21. The monoisotopic (exact) mass is 290 g/mol. The Bertz CT molecular complexity index is 372. The molecule has 11 heteroatoms. The largest absolute Gasteiger partial charge is 0.498 e. The molecule has 0 spiro atoms. The molecule has 0 aromatic carbocycles. The summed E-state index contributed by atoms with van der Waals surface area (Å²) in [5.74, 6) is 0.985. The fourth-order valence-electron chi connectivity index (χ4n) is 1.06. The first-order valence-corrected chi connectivity index (χ1v) is 6.26. The van der Waals surface area contributed by atoms with Crippen molar-refractivity contribution in [1.82, 2.24) is 9.97 Å². The number of rotatable bonds is 4. The average Bonchev–Trinajstić information content (AvgIpc) is 2.07. The molecule has 0 bridgehead atoms. The van der Waals surface area contributed by atoms with Gasteiger partial charge in [0.25, 0.3) is 0 Å². The van der Waals surface area contributed by atoms with E-state index in [9.17, 15) is 0 Å². The number of nitrogens with zero attached hydrogens (tertiary/aromatic N) is 2. The first kappa shape index (κ1) is 14.6. The molecule has 0 radical (unpaired) electrons. The minimum Gasteiger partial charge on any atom is -0.498 e. The van der Waals surface area contributed by atoms with Gasteiger partial charge in [-0.3, -0.25) is 0 Å². The van der Waals surface area contributed by atoms with Crippen molar-refractivity contribution < 1.29 is 9.47 Å². The summed E-state index contributed by atoms with van der Waals surface area (Å²) in [4.78, 5) is 8.19. The van der Waals surface area contributed by atoms with E-state index in [0.717, 1.165) is 0 Å². The zero-order chi connectivity index (χ0) is 13.3. The van der Waals surface area contributed by atoms with Crippen LogP contribution in [0.15, 0.2) is 10.8 Å². The molecule has 0 atom stereocenters. The maximum Gasteiger partial charge on any atom is 0.233 e. The van der Waals surface area contributed by atoms with Crippen molar-refractivity contribution in [3.8, 4) is 11.8 Å². The molecule has 4 nitrogen and oxygen atoms in total. The van der Waals surface area contributed by atoms with Crippen molar-refractivity contribution in [2.24, 2.45) is 0 Å². The van der Waals surface area contributed by atoms with Gasteiger partial charge in [0.15, 0.2) is 0 Å². The van der Waals surface area contributed by atoms with Crippen LogP contribution in [0.4, 0.5) is 0 Å². The van der Waals surface area contributed by atoms with Gasteiger partial charge in [0.1, 0.15) is 57.9 Å². The van der Waals surface area contributed by atoms with Crippen LogP contribution in [0.3, 0.4) is 0 Å². The van der Waals surface area contributed by atoms with Crippen LogP contribution in [0.1, 0.15) is 0 Å². The van der Waals surface area contributed by atoms with Crippen LogP contribution >= 0.6 is 15.9 Å². The van der Waals surface area contributed by atoms with Crippen molar-refractivity contribution in [3.05, 3.63) is 10.8 Å². The van der Waals surface area contributed by atoms with Crippen LogP contribution in [-0.4, -0.2) is 67.6 Å². The van der Waals surface area contributed by atoms with Gasteiger partial charge in [-0.05, 0) is 15.9 Å². The van der Waals surface area contributed by atoms with E-state index >= 15 is 0 Å². The second-order valence-electron chi connectivity index (χ2n) is 5.73. The lowest BCUT2D eigenvalue weighted by atomic mass is 9.52. The fraction of sp³-hybridized carbons (Fsp3) is 0.333. The third-order valence-electron chi connectivity index (χ3n) is 1.53. The van der Waals surface area contributed by atoms with E-state index in [1.54, 1.807) is 0 Å². The van der Waals surface area contributed by atoms with E-state index in [0.29, 0.717) is 16.2 Å². The molecule has 1 aromatic heterocycles. The summed E-state index contributed by atoms with van der Waals surface area (Å²) in [5.41, 5.74) is 0. The van der Waals surface area contributed by atoms with E-state index in [4.69, 9.17) is 9.47 Å². The maximum absolute atomic E-state index is 5.71. The number of ether oxygens (including phenoxy) is 2. The van der Waals surface area contributed by atoms with Crippen LogP contribution in [-0.2, 0) is 0 Å². The van der Waals surface area contributed by atoms with Crippen LogP contribution < -0.4 is 9.47 Å². The summed E-state index contributed by atoms with van der Waals surface area (Å²) in [7, 11) is 11.8. The van der Waals surface area contributed by atoms with Gasteiger partial charge in [-0.2, -0.15) is 0 Å². The highest BCUT2D eigenvalue weighted by Gasteiger charge is 2.21. The second-order valence-corrected chi connectivity index (χ2v) is 6.52. The summed E-state index contributed by atoms with van der Waals surface area (Å²) in [5, 5.41) is -0.619. The molecule has 0 aliphatic carbocycles. The van der Waals surface area contributed by atoms with Crippen molar-refractivity contribution in [3.63, 3.8) is 0 Å². The van der Waals surface area contributed by atoms with Crippen molar-refractivity contribution in [2.75, 3.05) is 0 Å². The third kappa shape index (κ3) is 5.15. The van der Waals surface area contributed by atoms with Crippen LogP contribution in [0.25, 0.3) is 0 Å². The highest BCUT2D eigenvalue weighted by atomic mass is 79.9. The summed E-state index contributed by atoms with van der Waals surface area (Å²) >= 11 is 3.41. The van der Waals surface area contributed by atoms with E-state index < -0.39 is 0 Å². The zero-order valence-electron chi connectivity index (χ0n) is 11.2. The molecular weight excluding hydrogens is 277 g/mol. The second kappa shape index (κ2) is 5.04. The molecule has 0 saturated heterocycles. The summed E-state index contributed by atoms with van der Waals surface area (Å²) in [6, 6.07) is 0. The summed E-state index contributed by atoms with van der Waals surface area (Å²) in [6.07, 6.45) is 1.44. The molecular formula is C6H13B6BrN2O2. The predicted octanol–water partition coefficient (Wildman–Crippen LogP) is -4.98. The van der Waals surface area contributed by atoms with Gasteiger partial charge in [-0.15, -0.1) is 0 Å². The molecule has 17 heavy (non-hydrogen) atoms. The van der Waals surface area contributed by atoms with Gasteiger partial charge in [0.2, 0.25) is 11.8 Å². The minimum atomic E-state index is -0.310. The Morgan fingerprint density at radius 1 is 0.882 bits per heavy atom. The summed E-state index contributed by atoms with van der Waals surface area (Å²) in [6.45, 7) is 0. The quantitative estimate of drug-likeness (QED) is 0.521. The van der Waals surface area contributed by atoms with Crippen LogP contribution in [0.2, 0.25) is 0 Å². The molecule has 0 saturated carbocycles. The van der Waals surface area contributed by atoms with E-state index in [-0.39, 0.29) is 10.6 Å². The molecule has 0 aliphatic heterocycles. The number of halogens is 1. The number of hydrogen-bond donors (Lipinski definition) is 0. The Kier molecular flexibility index (Phi) is 4.33. The van der Waals surface area contributed by atoms with Crippen LogP contribution in [0.5, 0.6) is 11.8 Å². The highest BCUT2D eigenvalue weighted by Crippen LogP contribution is 2.32. The smallest absolute Gasteiger partial charge is 0.233 e. The SMILES string of the molecule is BC(B)(B)Oc1ncnc(OC(B)(B)B)c1Br. The fourth-order valence-corrected chi connectivity index (χ4v) is 1.43. The van der Waals surface area contributed by atoms with E-state index in [1.165, 1.54) is 6.33 Å². The molecule has 0 amide bonds. The van der Waals surface area contributed by atoms with Gasteiger partial charge in [-0.25, -0.2) is 9.97 Å². The number of aromatic nitrogens is 2. The lowest BCUT2D eigenvalue weighted by Gasteiger charge is -2.24. The molecule has 0 unspecified atom stereocenters. The average molecular weight is 290 g/mol. The highest BCUT2D eigenvalue weighted by molar-refractivity contribution is 9.10. The zero-order valence-corrected chi connectivity index (χ0v) is 12.8. The Labute approximate surface area is 116 Å². The summed E-state index contributed by atoms with van der Waals surface area (Å²) < 4.78 is 12.1. The van der Waals surface area contributed by atoms with Crippen molar-refractivity contribution in [2.45, 2.75) is 10.6 Å². The normalized spacial score (nSPS) is 12.1. The molecule has 0 fully saturated rings. The molecule has 1 heterocycles. The molecule has 0 N–H and O–H groups in total. The molecule has 0 aliphatic rings. The van der Waals surface area contributed by atoms with E-state index in [1.807, 2.05) is 47.1 Å². The Morgan fingerprint density at radius 3 is 1.53 bits per heavy atom. The van der Waals surface area contributed by atoms with Crippen molar-refractivity contribution >= 4 is 63.0 Å². The van der Waals surface area contributed by atoms with E-state index in [2.05, 4.69) is 25.9 Å². The van der Waals surface area contributed by atoms with Gasteiger partial charge in [0, 0.05) is 10.6 Å². The topological polar surface area (TPSA) is 44.2 Å². The Hall–Kier alpha value is -0.450. The predicted molar refractivity (Wildman–Crippen MR) is 87.7 cm³/mol. The molecule has 84 valence electrons. The Balaban J connectivity index is 3.00. The molecule has 1 rings (SSSR count). The first-order chi connectivity index (χ1) is 7.58. The van der Waals surface area contributed by atoms with Crippen molar-refractivity contribution in [1.29, 1.82) is 0 Å². The maximum atomic E-state index is 5.71. The standard InChI is InChI=1S/C6H13B6BrN2O2/c7-5(8,9)16-3-2(13)4(15-1-14-3)17-6(10,11)12/h1H,7-12H2.